The Bertz CT molecular complexity index is 529. The Balaban J connectivity index is 1.80. The summed E-state index contributed by atoms with van der Waals surface area (Å²) in [4.78, 5) is 23.7. The van der Waals surface area contributed by atoms with E-state index in [1.807, 2.05) is 16.8 Å². The number of rotatable bonds is 5. The lowest BCUT2D eigenvalue weighted by Gasteiger charge is -2.26. The van der Waals surface area contributed by atoms with E-state index in [9.17, 15) is 14.7 Å². The van der Waals surface area contributed by atoms with Gasteiger partial charge in [-0.3, -0.25) is 4.79 Å². The van der Waals surface area contributed by atoms with Gasteiger partial charge in [0, 0.05) is 12.2 Å². The van der Waals surface area contributed by atoms with Crippen molar-refractivity contribution in [2.24, 2.45) is 5.92 Å². The van der Waals surface area contributed by atoms with Crippen molar-refractivity contribution in [2.75, 3.05) is 0 Å². The van der Waals surface area contributed by atoms with E-state index >= 15 is 0 Å². The number of carbonyl (C=O) groups excluding carboxylic acids is 1. The highest BCUT2D eigenvalue weighted by molar-refractivity contribution is 5.97. The minimum absolute atomic E-state index is 0.0540. The molecule has 19 heavy (non-hydrogen) atoms. The molecule has 2 aliphatic rings. The van der Waals surface area contributed by atoms with Crippen molar-refractivity contribution in [3.8, 4) is 0 Å². The number of carbonyl (C=O) groups is 2. The van der Waals surface area contributed by atoms with Crippen molar-refractivity contribution in [1.29, 1.82) is 0 Å². The monoisotopic (exact) mass is 262 g/mol. The number of aromatic nitrogens is 1. The first kappa shape index (κ1) is 12.3. The Morgan fingerprint density at radius 3 is 2.58 bits per heavy atom. The molecule has 1 atom stereocenters. The third kappa shape index (κ3) is 2.13. The van der Waals surface area contributed by atoms with Crippen LogP contribution >= 0.6 is 0 Å². The third-order valence-corrected chi connectivity index (χ3v) is 4.16. The van der Waals surface area contributed by atoms with Crippen molar-refractivity contribution >= 4 is 11.9 Å². The van der Waals surface area contributed by atoms with E-state index in [2.05, 4.69) is 5.32 Å². The van der Waals surface area contributed by atoms with E-state index < -0.39 is 11.5 Å². The standard InChI is InChI=1S/C14H18N2O3/c1-14(13(18)19,9-4-5-9)15-12(17)11-3-2-8-16(11)10-6-7-10/h2-3,8-10H,4-7H2,1H3,(H,15,17)(H,18,19). The van der Waals surface area contributed by atoms with Crippen LogP contribution in [-0.2, 0) is 4.79 Å². The quantitative estimate of drug-likeness (QED) is 0.850. The summed E-state index contributed by atoms with van der Waals surface area (Å²) >= 11 is 0. The first-order valence-corrected chi connectivity index (χ1v) is 6.75. The first-order valence-electron chi connectivity index (χ1n) is 6.75. The molecule has 0 bridgehead atoms. The average Bonchev–Trinajstić information content (AvgIpc) is 3.26. The Morgan fingerprint density at radius 1 is 1.37 bits per heavy atom. The van der Waals surface area contributed by atoms with Crippen molar-refractivity contribution in [2.45, 2.75) is 44.2 Å². The van der Waals surface area contributed by atoms with Crippen LogP contribution in [0.1, 0.15) is 49.1 Å². The van der Waals surface area contributed by atoms with Crippen LogP contribution < -0.4 is 5.32 Å². The van der Waals surface area contributed by atoms with Crippen LogP contribution in [0.25, 0.3) is 0 Å². The van der Waals surface area contributed by atoms with Crippen LogP contribution in [0.4, 0.5) is 0 Å². The Kier molecular flexibility index (Phi) is 2.66. The van der Waals surface area contributed by atoms with Gasteiger partial charge in [-0.1, -0.05) is 0 Å². The number of nitrogens with one attached hydrogen (secondary N) is 1. The average molecular weight is 262 g/mol. The van der Waals surface area contributed by atoms with E-state index in [-0.39, 0.29) is 11.8 Å². The molecular formula is C14H18N2O3. The zero-order valence-corrected chi connectivity index (χ0v) is 10.9. The summed E-state index contributed by atoms with van der Waals surface area (Å²) in [5.41, 5.74) is -0.578. The summed E-state index contributed by atoms with van der Waals surface area (Å²) in [5, 5.41) is 12.1. The molecular weight excluding hydrogens is 244 g/mol. The molecule has 0 radical (unpaired) electrons. The Hall–Kier alpha value is -1.78. The minimum atomic E-state index is -1.14. The number of hydrogen-bond acceptors (Lipinski definition) is 2. The van der Waals surface area contributed by atoms with Gasteiger partial charge in [-0.15, -0.1) is 0 Å². The molecule has 2 fully saturated rings. The number of carboxylic acid groups (broad SMARTS) is 1. The van der Waals surface area contributed by atoms with Crippen LogP contribution in [0.15, 0.2) is 18.3 Å². The number of hydrogen-bond donors (Lipinski definition) is 2. The van der Waals surface area contributed by atoms with Crippen molar-refractivity contribution < 1.29 is 14.7 Å². The van der Waals surface area contributed by atoms with Gasteiger partial charge < -0.3 is 15.0 Å². The highest BCUT2D eigenvalue weighted by Gasteiger charge is 2.49. The van der Waals surface area contributed by atoms with Crippen LogP contribution in [0.2, 0.25) is 0 Å². The van der Waals surface area contributed by atoms with E-state index in [4.69, 9.17) is 0 Å². The molecule has 5 heteroatoms. The van der Waals surface area contributed by atoms with Gasteiger partial charge >= 0.3 is 5.97 Å². The highest BCUT2D eigenvalue weighted by Crippen LogP contribution is 2.40. The molecule has 1 unspecified atom stereocenters. The van der Waals surface area contributed by atoms with Crippen molar-refractivity contribution in [1.82, 2.24) is 9.88 Å². The molecule has 102 valence electrons. The fourth-order valence-electron chi connectivity index (χ4n) is 2.55. The van der Waals surface area contributed by atoms with E-state index in [1.54, 1.807) is 13.0 Å². The summed E-state index contributed by atoms with van der Waals surface area (Å²) in [6.45, 7) is 1.61. The molecule has 3 rings (SSSR count). The molecule has 1 aromatic heterocycles. The number of aliphatic carboxylic acids is 1. The van der Waals surface area contributed by atoms with Crippen LogP contribution in [0, 0.1) is 5.92 Å². The lowest BCUT2D eigenvalue weighted by atomic mass is 9.96. The molecule has 2 aliphatic carbocycles. The second-order valence-corrected chi connectivity index (χ2v) is 5.77. The minimum Gasteiger partial charge on any atom is -0.480 e. The van der Waals surface area contributed by atoms with E-state index in [0.717, 1.165) is 25.7 Å². The van der Waals surface area contributed by atoms with Gasteiger partial charge in [0.1, 0.15) is 11.2 Å². The van der Waals surface area contributed by atoms with Crippen molar-refractivity contribution in [3.63, 3.8) is 0 Å². The molecule has 1 heterocycles. The third-order valence-electron chi connectivity index (χ3n) is 4.16. The van der Waals surface area contributed by atoms with Gasteiger partial charge in [0.15, 0.2) is 0 Å². The Labute approximate surface area is 111 Å². The fourth-order valence-corrected chi connectivity index (χ4v) is 2.55. The van der Waals surface area contributed by atoms with Gasteiger partial charge in [0.05, 0.1) is 0 Å². The Morgan fingerprint density at radius 2 is 2.05 bits per heavy atom. The second kappa shape index (κ2) is 4.11. The predicted molar refractivity (Wildman–Crippen MR) is 68.9 cm³/mol. The topological polar surface area (TPSA) is 71.3 Å². The maximum absolute atomic E-state index is 12.3. The van der Waals surface area contributed by atoms with Crippen LogP contribution in [-0.4, -0.2) is 27.1 Å². The molecule has 5 nitrogen and oxygen atoms in total. The molecule has 0 spiro atoms. The molecule has 0 saturated heterocycles. The van der Waals surface area contributed by atoms with Gasteiger partial charge in [0.25, 0.3) is 5.91 Å². The summed E-state index contributed by atoms with van der Waals surface area (Å²) in [5.74, 6) is -1.18. The molecule has 0 aromatic carbocycles. The maximum atomic E-state index is 12.3. The zero-order valence-electron chi connectivity index (χ0n) is 10.9. The maximum Gasteiger partial charge on any atom is 0.329 e. The van der Waals surface area contributed by atoms with Crippen LogP contribution in [0.5, 0.6) is 0 Å². The predicted octanol–water partition coefficient (Wildman–Crippen LogP) is 1.81. The van der Waals surface area contributed by atoms with Crippen molar-refractivity contribution in [3.05, 3.63) is 24.0 Å². The summed E-state index contributed by atoms with van der Waals surface area (Å²) in [7, 11) is 0. The van der Waals surface area contributed by atoms with Gasteiger partial charge in [-0.05, 0) is 50.7 Å². The molecule has 0 aliphatic heterocycles. The van der Waals surface area contributed by atoms with E-state index in [1.165, 1.54) is 0 Å². The normalized spacial score (nSPS) is 21.7. The number of carboxylic acids is 1. The summed E-state index contributed by atoms with van der Waals surface area (Å²) < 4.78 is 1.95. The van der Waals surface area contributed by atoms with Gasteiger partial charge in [-0.2, -0.15) is 0 Å². The van der Waals surface area contributed by atoms with Gasteiger partial charge in [0.2, 0.25) is 0 Å². The number of nitrogens with zero attached hydrogens (tertiary/aromatic N) is 1. The van der Waals surface area contributed by atoms with Gasteiger partial charge in [-0.25, -0.2) is 4.79 Å². The lowest BCUT2D eigenvalue weighted by molar-refractivity contribution is -0.144. The SMILES string of the molecule is CC(NC(=O)c1cccn1C1CC1)(C(=O)O)C1CC1. The van der Waals surface area contributed by atoms with Crippen LogP contribution in [0.3, 0.4) is 0 Å². The first-order chi connectivity index (χ1) is 9.02. The lowest BCUT2D eigenvalue weighted by Crippen LogP contribution is -2.54. The van der Waals surface area contributed by atoms with E-state index in [0.29, 0.717) is 11.7 Å². The zero-order chi connectivity index (χ0) is 13.6. The summed E-state index contributed by atoms with van der Waals surface area (Å²) in [6.07, 6.45) is 5.81. The highest BCUT2D eigenvalue weighted by atomic mass is 16.4. The molecule has 2 N–H and O–H groups in total. The second-order valence-electron chi connectivity index (χ2n) is 5.77. The molecule has 1 amide bonds. The molecule has 2 saturated carbocycles. The smallest absolute Gasteiger partial charge is 0.329 e. The molecule has 1 aromatic rings. The fraction of sp³-hybridized carbons (Fsp3) is 0.571. The number of amides is 1. The summed E-state index contributed by atoms with van der Waals surface area (Å²) in [6, 6.07) is 4.00. The largest absolute Gasteiger partial charge is 0.480 e.